The lowest BCUT2D eigenvalue weighted by atomic mass is 10.2. The molecule has 4 heteroatoms. The third-order valence-electron chi connectivity index (χ3n) is 3.09. The second-order valence-corrected chi connectivity index (χ2v) is 5.63. The molecule has 0 bridgehead atoms. The largest absolute Gasteiger partial charge is 0.296 e. The van der Waals surface area contributed by atoms with Gasteiger partial charge in [-0.3, -0.25) is 9.48 Å². The topological polar surface area (TPSA) is 34.9 Å². The molecule has 0 N–H and O–H groups in total. The maximum Gasteiger partial charge on any atom is 0.170 e. The van der Waals surface area contributed by atoms with Crippen LogP contribution in [-0.4, -0.2) is 16.1 Å². The summed E-state index contributed by atoms with van der Waals surface area (Å²) in [5.41, 5.74) is 2.62. The predicted octanol–water partition coefficient (Wildman–Crippen LogP) is 4.31. The molecule has 0 aliphatic heterocycles. The van der Waals surface area contributed by atoms with E-state index in [1.807, 2.05) is 59.3 Å². The molecule has 0 radical (unpaired) electrons. The Morgan fingerprint density at radius 2 is 2.09 bits per heavy atom. The molecule has 0 atom stereocenters. The number of rotatable bonds is 7. The van der Waals surface area contributed by atoms with E-state index in [0.29, 0.717) is 18.7 Å². The number of carbonyl (C=O) groups excluding carboxylic acids is 1. The van der Waals surface area contributed by atoms with Crippen LogP contribution in [0.5, 0.6) is 0 Å². The van der Waals surface area contributed by atoms with Gasteiger partial charge in [0.25, 0.3) is 0 Å². The molecule has 2 rings (SSSR count). The summed E-state index contributed by atoms with van der Waals surface area (Å²) in [5, 5.41) is 4.33. The number of benzene rings is 1. The van der Waals surface area contributed by atoms with Crippen LogP contribution in [0.3, 0.4) is 0 Å². The van der Waals surface area contributed by atoms with Gasteiger partial charge < -0.3 is 0 Å². The van der Waals surface area contributed by atoms with E-state index in [4.69, 9.17) is 0 Å². The highest BCUT2D eigenvalue weighted by atomic mass is 79.9. The SMILES string of the molecule is C=C/C(Br)=C\C=C/Cc1cc(C=O)nn1Cc1ccccc1. The van der Waals surface area contributed by atoms with E-state index in [1.54, 1.807) is 6.08 Å². The zero-order chi connectivity index (χ0) is 15.8. The highest BCUT2D eigenvalue weighted by Crippen LogP contribution is 2.10. The summed E-state index contributed by atoms with van der Waals surface area (Å²) in [4.78, 5) is 11.0. The summed E-state index contributed by atoms with van der Waals surface area (Å²) < 4.78 is 2.80. The van der Waals surface area contributed by atoms with Crippen LogP contribution in [0.15, 0.2) is 71.8 Å². The molecule has 1 heterocycles. The van der Waals surface area contributed by atoms with Crippen molar-refractivity contribution in [2.24, 2.45) is 0 Å². The van der Waals surface area contributed by atoms with Gasteiger partial charge in [-0.15, -0.1) is 0 Å². The van der Waals surface area contributed by atoms with Crippen LogP contribution in [-0.2, 0) is 13.0 Å². The first kappa shape index (κ1) is 16.2. The first-order valence-electron chi connectivity index (χ1n) is 6.93. The van der Waals surface area contributed by atoms with Crippen LogP contribution in [0.2, 0.25) is 0 Å². The van der Waals surface area contributed by atoms with Gasteiger partial charge >= 0.3 is 0 Å². The van der Waals surface area contributed by atoms with E-state index in [9.17, 15) is 4.79 Å². The van der Waals surface area contributed by atoms with Gasteiger partial charge in [-0.25, -0.2) is 0 Å². The maximum atomic E-state index is 11.0. The van der Waals surface area contributed by atoms with Gasteiger partial charge in [-0.1, -0.05) is 71.1 Å². The number of carbonyl (C=O) groups is 1. The van der Waals surface area contributed by atoms with Crippen LogP contribution in [0, 0.1) is 0 Å². The average molecular weight is 357 g/mol. The van der Waals surface area contributed by atoms with Crippen molar-refractivity contribution in [1.29, 1.82) is 0 Å². The van der Waals surface area contributed by atoms with E-state index < -0.39 is 0 Å². The molecular weight excluding hydrogens is 340 g/mol. The first-order chi connectivity index (χ1) is 10.7. The molecule has 0 saturated heterocycles. The van der Waals surface area contributed by atoms with Crippen molar-refractivity contribution in [3.8, 4) is 0 Å². The van der Waals surface area contributed by atoms with Crippen LogP contribution in [0.4, 0.5) is 0 Å². The molecule has 0 saturated carbocycles. The number of halogens is 1. The van der Waals surface area contributed by atoms with Crippen molar-refractivity contribution in [2.75, 3.05) is 0 Å². The van der Waals surface area contributed by atoms with Crippen molar-refractivity contribution in [3.63, 3.8) is 0 Å². The Labute approximate surface area is 138 Å². The quantitative estimate of drug-likeness (QED) is 0.547. The maximum absolute atomic E-state index is 11.0. The number of allylic oxidation sites excluding steroid dienone is 5. The predicted molar refractivity (Wildman–Crippen MR) is 93.2 cm³/mol. The molecule has 1 aromatic carbocycles. The molecule has 0 aliphatic rings. The third kappa shape index (κ3) is 4.67. The lowest BCUT2D eigenvalue weighted by Gasteiger charge is -2.05. The number of hydrogen-bond donors (Lipinski definition) is 0. The lowest BCUT2D eigenvalue weighted by Crippen LogP contribution is -2.06. The van der Waals surface area contributed by atoms with E-state index in [-0.39, 0.29) is 0 Å². The Hall–Kier alpha value is -2.20. The molecular formula is C18H17BrN2O. The molecule has 112 valence electrons. The van der Waals surface area contributed by atoms with Gasteiger partial charge in [0.1, 0.15) is 5.69 Å². The van der Waals surface area contributed by atoms with E-state index >= 15 is 0 Å². The normalized spacial score (nSPS) is 11.8. The molecule has 1 aromatic heterocycles. The minimum absolute atomic E-state index is 0.460. The van der Waals surface area contributed by atoms with Crippen molar-refractivity contribution < 1.29 is 4.79 Å². The number of nitrogens with zero attached hydrogens (tertiary/aromatic N) is 2. The van der Waals surface area contributed by atoms with E-state index in [0.717, 1.165) is 22.0 Å². The van der Waals surface area contributed by atoms with E-state index in [2.05, 4.69) is 27.6 Å². The Morgan fingerprint density at radius 1 is 1.32 bits per heavy atom. The van der Waals surface area contributed by atoms with Gasteiger partial charge in [0.15, 0.2) is 6.29 Å². The zero-order valence-corrected chi connectivity index (χ0v) is 13.7. The van der Waals surface area contributed by atoms with Crippen LogP contribution in [0.25, 0.3) is 0 Å². The third-order valence-corrected chi connectivity index (χ3v) is 3.68. The zero-order valence-electron chi connectivity index (χ0n) is 12.2. The molecule has 0 amide bonds. The van der Waals surface area contributed by atoms with Gasteiger partial charge in [0, 0.05) is 16.6 Å². The van der Waals surface area contributed by atoms with Crippen LogP contribution >= 0.6 is 15.9 Å². The molecule has 2 aromatic rings. The molecule has 0 spiro atoms. The molecule has 0 fully saturated rings. The standard InChI is InChI=1S/C18H17BrN2O/c1-2-16(19)10-6-7-11-18-12-17(14-22)20-21(18)13-15-8-4-3-5-9-15/h2-10,12,14H,1,11,13H2/b7-6-,16-10+. The highest BCUT2D eigenvalue weighted by Gasteiger charge is 2.06. The van der Waals surface area contributed by atoms with Gasteiger partial charge in [-0.2, -0.15) is 5.10 Å². The monoisotopic (exact) mass is 356 g/mol. The summed E-state index contributed by atoms with van der Waals surface area (Å²) in [7, 11) is 0. The second kappa shape index (κ2) is 8.29. The van der Waals surface area contributed by atoms with Crippen molar-refractivity contribution in [1.82, 2.24) is 9.78 Å². The van der Waals surface area contributed by atoms with Crippen molar-refractivity contribution in [3.05, 3.63) is 88.7 Å². The Bertz CT molecular complexity index is 699. The Kier molecular flexibility index (Phi) is 6.10. The molecule has 22 heavy (non-hydrogen) atoms. The minimum Gasteiger partial charge on any atom is -0.296 e. The number of aldehydes is 1. The Morgan fingerprint density at radius 3 is 2.77 bits per heavy atom. The average Bonchev–Trinajstić information content (AvgIpc) is 2.94. The first-order valence-corrected chi connectivity index (χ1v) is 7.73. The fourth-order valence-corrected chi connectivity index (χ4v) is 2.16. The van der Waals surface area contributed by atoms with Gasteiger partial charge in [0.2, 0.25) is 0 Å². The molecule has 3 nitrogen and oxygen atoms in total. The van der Waals surface area contributed by atoms with E-state index in [1.165, 1.54) is 0 Å². The summed E-state index contributed by atoms with van der Waals surface area (Å²) >= 11 is 3.37. The Balaban J connectivity index is 2.14. The minimum atomic E-state index is 0.460. The number of aromatic nitrogens is 2. The smallest absolute Gasteiger partial charge is 0.170 e. The van der Waals surface area contributed by atoms with Crippen LogP contribution < -0.4 is 0 Å². The van der Waals surface area contributed by atoms with Gasteiger partial charge in [0.05, 0.1) is 6.54 Å². The van der Waals surface area contributed by atoms with Crippen LogP contribution in [0.1, 0.15) is 21.7 Å². The lowest BCUT2D eigenvalue weighted by molar-refractivity contribution is 0.111. The highest BCUT2D eigenvalue weighted by molar-refractivity contribution is 9.11. The number of hydrogen-bond acceptors (Lipinski definition) is 2. The fourth-order valence-electron chi connectivity index (χ4n) is 2.01. The molecule has 0 unspecified atom stereocenters. The summed E-state index contributed by atoms with van der Waals surface area (Å²) in [6.45, 7) is 4.33. The van der Waals surface area contributed by atoms with Gasteiger partial charge in [-0.05, 0) is 17.7 Å². The summed E-state index contributed by atoms with van der Waals surface area (Å²) in [6.07, 6.45) is 9.12. The second-order valence-electron chi connectivity index (χ2n) is 4.71. The molecule has 0 aliphatic carbocycles. The van der Waals surface area contributed by atoms with Crippen molar-refractivity contribution >= 4 is 22.2 Å². The fraction of sp³-hybridized carbons (Fsp3) is 0.111. The summed E-state index contributed by atoms with van der Waals surface area (Å²) in [6, 6.07) is 11.9. The summed E-state index contributed by atoms with van der Waals surface area (Å²) in [5.74, 6) is 0. The van der Waals surface area contributed by atoms with Crippen molar-refractivity contribution in [2.45, 2.75) is 13.0 Å².